The first-order valence-electron chi connectivity index (χ1n) is 5.55. The summed E-state index contributed by atoms with van der Waals surface area (Å²) < 4.78 is 0. The van der Waals surface area contributed by atoms with Crippen molar-refractivity contribution in [3.05, 3.63) is 23.4 Å². The minimum absolute atomic E-state index is 0.692. The number of thioether (sulfide) groups is 1. The van der Waals surface area contributed by atoms with Gasteiger partial charge in [0.25, 0.3) is 0 Å². The maximum absolute atomic E-state index is 4.53. The predicted octanol–water partition coefficient (Wildman–Crippen LogP) is 2.54. The number of nitrogens with one attached hydrogen (secondary N) is 1. The van der Waals surface area contributed by atoms with Crippen LogP contribution in [0.15, 0.2) is 17.2 Å². The molecular formula is C12H18N2S. The molecule has 1 aromatic heterocycles. The van der Waals surface area contributed by atoms with Crippen LogP contribution in [0.4, 0.5) is 0 Å². The van der Waals surface area contributed by atoms with Gasteiger partial charge in [-0.15, -0.1) is 11.8 Å². The fourth-order valence-corrected chi connectivity index (χ4v) is 3.10. The Morgan fingerprint density at radius 3 is 3.00 bits per heavy atom. The van der Waals surface area contributed by atoms with E-state index in [1.807, 2.05) is 11.8 Å². The van der Waals surface area contributed by atoms with Gasteiger partial charge in [-0.1, -0.05) is 0 Å². The molecule has 0 bridgehead atoms. The van der Waals surface area contributed by atoms with Gasteiger partial charge in [0.15, 0.2) is 0 Å². The Hall–Kier alpha value is -0.540. The van der Waals surface area contributed by atoms with E-state index >= 15 is 0 Å². The Kier molecular flexibility index (Phi) is 3.65. The zero-order chi connectivity index (χ0) is 10.7. The van der Waals surface area contributed by atoms with Crippen LogP contribution in [-0.4, -0.2) is 23.3 Å². The van der Waals surface area contributed by atoms with Gasteiger partial charge in [-0.25, -0.2) is 4.98 Å². The van der Waals surface area contributed by atoms with Gasteiger partial charge in [-0.3, -0.25) is 0 Å². The van der Waals surface area contributed by atoms with Gasteiger partial charge >= 0.3 is 0 Å². The summed E-state index contributed by atoms with van der Waals surface area (Å²) in [6, 6.07) is 4.99. The molecule has 0 spiro atoms. The topological polar surface area (TPSA) is 24.9 Å². The summed E-state index contributed by atoms with van der Waals surface area (Å²) in [7, 11) is 0. The summed E-state index contributed by atoms with van der Waals surface area (Å²) >= 11 is 1.87. The Balaban J connectivity index is 1.92. The average molecular weight is 222 g/mol. The maximum Gasteiger partial charge on any atom is 0.0966 e. The molecule has 1 aliphatic heterocycles. The van der Waals surface area contributed by atoms with E-state index < -0.39 is 0 Å². The van der Waals surface area contributed by atoms with Crippen LogP contribution in [0.1, 0.15) is 24.1 Å². The number of nitrogens with zero attached hydrogens (tertiary/aromatic N) is 1. The lowest BCUT2D eigenvalue weighted by Crippen LogP contribution is -2.23. The van der Waals surface area contributed by atoms with Crippen LogP contribution in [0.2, 0.25) is 0 Å². The van der Waals surface area contributed by atoms with Crippen molar-refractivity contribution in [3.8, 4) is 0 Å². The third-order valence-corrected chi connectivity index (χ3v) is 3.74. The largest absolute Gasteiger partial charge is 0.313 e. The van der Waals surface area contributed by atoms with E-state index in [0.717, 1.165) is 11.4 Å². The molecule has 1 fully saturated rings. The highest BCUT2D eigenvalue weighted by Gasteiger charge is 2.14. The second-order valence-electron chi connectivity index (χ2n) is 4.23. The second-order valence-corrected chi connectivity index (χ2v) is 5.27. The summed E-state index contributed by atoms with van der Waals surface area (Å²) in [5, 5.41) is 4.68. The number of aryl methyl sites for hydroxylation is 2. The lowest BCUT2D eigenvalue weighted by Gasteiger charge is -2.09. The first-order chi connectivity index (χ1) is 7.24. The molecule has 0 saturated carbocycles. The van der Waals surface area contributed by atoms with Crippen molar-refractivity contribution < 1.29 is 0 Å². The van der Waals surface area contributed by atoms with E-state index in [2.05, 4.69) is 36.3 Å². The van der Waals surface area contributed by atoms with Crippen molar-refractivity contribution in [1.29, 1.82) is 0 Å². The predicted molar refractivity (Wildman–Crippen MR) is 65.5 cm³/mol. The van der Waals surface area contributed by atoms with Gasteiger partial charge in [0, 0.05) is 17.5 Å². The molecule has 0 amide bonds. The average Bonchev–Trinajstić information content (AvgIpc) is 2.65. The molecule has 2 rings (SSSR count). The first-order valence-corrected chi connectivity index (χ1v) is 6.54. The number of hydrogen-bond donors (Lipinski definition) is 1. The van der Waals surface area contributed by atoms with Crippen molar-refractivity contribution >= 4 is 11.8 Å². The molecule has 2 heterocycles. The molecule has 1 unspecified atom stereocenters. The fraction of sp³-hybridized carbons (Fsp3) is 0.583. The molecule has 3 heteroatoms. The van der Waals surface area contributed by atoms with Crippen LogP contribution >= 0.6 is 11.8 Å². The lowest BCUT2D eigenvalue weighted by atomic mass is 10.2. The maximum atomic E-state index is 4.53. The smallest absolute Gasteiger partial charge is 0.0966 e. The molecule has 1 saturated heterocycles. The van der Waals surface area contributed by atoms with Crippen molar-refractivity contribution in [2.75, 3.05) is 12.3 Å². The molecule has 2 nitrogen and oxygen atoms in total. The van der Waals surface area contributed by atoms with Crippen molar-refractivity contribution in [1.82, 2.24) is 10.3 Å². The summed E-state index contributed by atoms with van der Waals surface area (Å²) in [6.45, 7) is 5.38. The third-order valence-electron chi connectivity index (χ3n) is 2.67. The quantitative estimate of drug-likeness (QED) is 0.796. The van der Waals surface area contributed by atoms with Crippen LogP contribution in [0, 0.1) is 13.8 Å². The Labute approximate surface area is 95.9 Å². The van der Waals surface area contributed by atoms with Gasteiger partial charge in [0.1, 0.15) is 0 Å². The Bertz CT molecular complexity index is 312. The first kappa shape index (κ1) is 11.0. The number of hydrogen-bond acceptors (Lipinski definition) is 3. The van der Waals surface area contributed by atoms with Crippen LogP contribution < -0.4 is 5.32 Å². The molecule has 1 aromatic rings. The van der Waals surface area contributed by atoms with Crippen LogP contribution in [0.25, 0.3) is 0 Å². The zero-order valence-electron chi connectivity index (χ0n) is 9.42. The van der Waals surface area contributed by atoms with E-state index in [1.54, 1.807) is 0 Å². The molecule has 0 aromatic carbocycles. The minimum atomic E-state index is 0.692. The van der Waals surface area contributed by atoms with Gasteiger partial charge in [0.05, 0.1) is 5.03 Å². The highest BCUT2D eigenvalue weighted by atomic mass is 32.2. The van der Waals surface area contributed by atoms with Gasteiger partial charge in [-0.2, -0.15) is 0 Å². The van der Waals surface area contributed by atoms with Crippen LogP contribution in [0.3, 0.4) is 0 Å². The fourth-order valence-electron chi connectivity index (χ4n) is 1.96. The molecule has 1 atom stereocenters. The highest BCUT2D eigenvalue weighted by molar-refractivity contribution is 7.99. The highest BCUT2D eigenvalue weighted by Crippen LogP contribution is 2.20. The molecule has 1 N–H and O–H groups in total. The van der Waals surface area contributed by atoms with Crippen LogP contribution in [-0.2, 0) is 0 Å². The molecular weight excluding hydrogens is 204 g/mol. The number of rotatable bonds is 3. The zero-order valence-corrected chi connectivity index (χ0v) is 10.2. The van der Waals surface area contributed by atoms with Gasteiger partial charge in [0.2, 0.25) is 0 Å². The minimum Gasteiger partial charge on any atom is -0.313 e. The standard InChI is InChI=1S/C12H18N2S/c1-9-6-10(2)14-12(7-9)15-8-11-4-3-5-13-11/h6-7,11,13H,3-5,8H2,1-2H3. The van der Waals surface area contributed by atoms with E-state index in [9.17, 15) is 0 Å². The number of aromatic nitrogens is 1. The summed E-state index contributed by atoms with van der Waals surface area (Å²) in [4.78, 5) is 4.53. The van der Waals surface area contributed by atoms with E-state index in [4.69, 9.17) is 0 Å². The van der Waals surface area contributed by atoms with Crippen molar-refractivity contribution in [3.63, 3.8) is 0 Å². The van der Waals surface area contributed by atoms with Gasteiger partial charge in [-0.05, 0) is 50.9 Å². The molecule has 0 radical (unpaired) electrons. The summed E-state index contributed by atoms with van der Waals surface area (Å²) in [5.74, 6) is 1.15. The molecule has 82 valence electrons. The summed E-state index contributed by atoms with van der Waals surface area (Å²) in [6.07, 6.45) is 2.64. The molecule has 0 aliphatic carbocycles. The normalized spacial score (nSPS) is 20.8. The third kappa shape index (κ3) is 3.21. The van der Waals surface area contributed by atoms with Crippen molar-refractivity contribution in [2.24, 2.45) is 0 Å². The molecule has 15 heavy (non-hydrogen) atoms. The van der Waals surface area contributed by atoms with E-state index in [0.29, 0.717) is 6.04 Å². The Morgan fingerprint density at radius 2 is 2.33 bits per heavy atom. The molecule has 1 aliphatic rings. The van der Waals surface area contributed by atoms with Crippen LogP contribution in [0.5, 0.6) is 0 Å². The Morgan fingerprint density at radius 1 is 1.47 bits per heavy atom. The van der Waals surface area contributed by atoms with Gasteiger partial charge < -0.3 is 5.32 Å². The van der Waals surface area contributed by atoms with Crippen molar-refractivity contribution in [2.45, 2.75) is 37.8 Å². The summed E-state index contributed by atoms with van der Waals surface area (Å²) in [5.41, 5.74) is 2.43. The SMILES string of the molecule is Cc1cc(C)nc(SCC2CCCN2)c1. The number of pyridine rings is 1. The monoisotopic (exact) mass is 222 g/mol. The lowest BCUT2D eigenvalue weighted by molar-refractivity contribution is 0.673. The van der Waals surface area contributed by atoms with E-state index in [-0.39, 0.29) is 0 Å². The van der Waals surface area contributed by atoms with E-state index in [1.165, 1.54) is 30.0 Å². The second kappa shape index (κ2) is 4.99.